The Morgan fingerprint density at radius 2 is 1.78 bits per heavy atom. The molecule has 0 aromatic rings. The van der Waals surface area contributed by atoms with Gasteiger partial charge in [0.05, 0.1) is 5.60 Å². The number of ether oxygens (including phenoxy) is 1. The van der Waals surface area contributed by atoms with Crippen LogP contribution >= 0.6 is 0 Å². The SMILES string of the molecule is C1CC2(C1)CC(NC1C3C4CCC(C4)C13)CCO2. The maximum atomic E-state index is 6.04. The van der Waals surface area contributed by atoms with Gasteiger partial charge in [-0.25, -0.2) is 0 Å². The molecule has 100 valence electrons. The Morgan fingerprint density at radius 3 is 2.44 bits per heavy atom. The van der Waals surface area contributed by atoms with Crippen molar-refractivity contribution in [1.82, 2.24) is 5.32 Å². The molecule has 5 atom stereocenters. The Kier molecular flexibility index (Phi) is 2.09. The number of nitrogens with one attached hydrogen (secondary N) is 1. The first-order valence-electron chi connectivity index (χ1n) is 8.25. The second-order valence-electron chi connectivity index (χ2n) is 7.76. The summed E-state index contributed by atoms with van der Waals surface area (Å²) < 4.78 is 6.04. The van der Waals surface area contributed by atoms with E-state index in [0.29, 0.717) is 5.60 Å². The standard InChI is InChI=1S/C16H25NO/c1-5-16(6-1)9-12(4-7-18-16)17-15-13-10-2-3-11(8-10)14(13)15/h10-15,17H,1-9H2. The van der Waals surface area contributed by atoms with Gasteiger partial charge >= 0.3 is 0 Å². The minimum atomic E-state index is 0.318. The van der Waals surface area contributed by atoms with Gasteiger partial charge in [0.25, 0.3) is 0 Å². The smallest absolute Gasteiger partial charge is 0.0697 e. The van der Waals surface area contributed by atoms with Crippen LogP contribution in [0.5, 0.6) is 0 Å². The summed E-state index contributed by atoms with van der Waals surface area (Å²) in [7, 11) is 0. The first-order chi connectivity index (χ1) is 8.85. The van der Waals surface area contributed by atoms with Crippen LogP contribution in [-0.4, -0.2) is 24.3 Å². The predicted octanol–water partition coefficient (Wildman–Crippen LogP) is 2.72. The van der Waals surface area contributed by atoms with E-state index in [2.05, 4.69) is 5.32 Å². The van der Waals surface area contributed by atoms with Crippen molar-refractivity contribution in [2.75, 3.05) is 6.61 Å². The number of hydrogen-bond donors (Lipinski definition) is 1. The minimum absolute atomic E-state index is 0.318. The molecule has 5 unspecified atom stereocenters. The van der Waals surface area contributed by atoms with E-state index in [1.165, 1.54) is 32.1 Å². The van der Waals surface area contributed by atoms with Crippen molar-refractivity contribution < 1.29 is 4.74 Å². The molecule has 1 heterocycles. The van der Waals surface area contributed by atoms with Crippen molar-refractivity contribution in [3.05, 3.63) is 0 Å². The lowest BCUT2D eigenvalue weighted by Gasteiger charge is -2.47. The molecule has 5 aliphatic rings. The van der Waals surface area contributed by atoms with Gasteiger partial charge in [-0.3, -0.25) is 0 Å². The lowest BCUT2D eigenvalue weighted by atomic mass is 9.74. The average molecular weight is 247 g/mol. The molecule has 2 heteroatoms. The number of fused-ring (bicyclic) bond motifs is 5. The molecule has 2 bridgehead atoms. The highest BCUT2D eigenvalue weighted by Crippen LogP contribution is 2.65. The van der Waals surface area contributed by atoms with Crippen molar-refractivity contribution in [2.24, 2.45) is 23.7 Å². The van der Waals surface area contributed by atoms with Gasteiger partial charge in [-0.2, -0.15) is 0 Å². The van der Waals surface area contributed by atoms with E-state index in [-0.39, 0.29) is 0 Å². The molecule has 18 heavy (non-hydrogen) atoms. The van der Waals surface area contributed by atoms with E-state index >= 15 is 0 Å². The van der Waals surface area contributed by atoms with Crippen molar-refractivity contribution >= 4 is 0 Å². The Morgan fingerprint density at radius 1 is 1.00 bits per heavy atom. The monoisotopic (exact) mass is 247 g/mol. The summed E-state index contributed by atoms with van der Waals surface area (Å²) in [5.74, 6) is 4.39. The summed E-state index contributed by atoms with van der Waals surface area (Å²) in [6, 6.07) is 1.69. The number of rotatable bonds is 2. The Bertz CT molecular complexity index is 348. The first kappa shape index (κ1) is 10.7. The quantitative estimate of drug-likeness (QED) is 0.810. The van der Waals surface area contributed by atoms with Gasteiger partial charge in [-0.1, -0.05) is 0 Å². The second-order valence-corrected chi connectivity index (χ2v) is 7.76. The highest BCUT2D eigenvalue weighted by Gasteiger charge is 2.65. The Labute approximate surface area is 110 Å². The fourth-order valence-electron chi connectivity index (χ4n) is 5.91. The molecule has 1 saturated heterocycles. The molecule has 0 aromatic heterocycles. The number of hydrogen-bond acceptors (Lipinski definition) is 2. The maximum Gasteiger partial charge on any atom is 0.0697 e. The molecular weight excluding hydrogens is 222 g/mol. The van der Waals surface area contributed by atoms with Crippen molar-refractivity contribution in [3.8, 4) is 0 Å². The van der Waals surface area contributed by atoms with Crippen molar-refractivity contribution in [2.45, 2.75) is 69.1 Å². The third-order valence-electron chi connectivity index (χ3n) is 6.92. The van der Waals surface area contributed by atoms with Crippen LogP contribution in [0, 0.1) is 23.7 Å². The van der Waals surface area contributed by atoms with Gasteiger partial charge in [0.1, 0.15) is 0 Å². The molecule has 1 N–H and O–H groups in total. The topological polar surface area (TPSA) is 21.3 Å². The van der Waals surface area contributed by atoms with Crippen molar-refractivity contribution in [1.29, 1.82) is 0 Å². The van der Waals surface area contributed by atoms with Crippen LogP contribution in [0.4, 0.5) is 0 Å². The lowest BCUT2D eigenvalue weighted by Crippen LogP contribution is -2.51. The van der Waals surface area contributed by atoms with Crippen LogP contribution in [0.3, 0.4) is 0 Å². The summed E-state index contributed by atoms with van der Waals surface area (Å²) in [5, 5.41) is 4.04. The van der Waals surface area contributed by atoms with Gasteiger partial charge in [0.2, 0.25) is 0 Å². The van der Waals surface area contributed by atoms with Gasteiger partial charge < -0.3 is 10.1 Å². The molecule has 5 fully saturated rings. The Hall–Kier alpha value is -0.0800. The summed E-state index contributed by atoms with van der Waals surface area (Å²) >= 11 is 0. The van der Waals surface area contributed by atoms with E-state index in [9.17, 15) is 0 Å². The molecular formula is C16H25NO. The first-order valence-corrected chi connectivity index (χ1v) is 8.25. The van der Waals surface area contributed by atoms with Gasteiger partial charge in [0, 0.05) is 18.7 Å². The lowest BCUT2D eigenvalue weighted by molar-refractivity contribution is -0.135. The summed E-state index contributed by atoms with van der Waals surface area (Å²) in [6.07, 6.45) is 11.3. The van der Waals surface area contributed by atoms with Crippen LogP contribution < -0.4 is 5.32 Å². The minimum Gasteiger partial charge on any atom is -0.375 e. The summed E-state index contributed by atoms with van der Waals surface area (Å²) in [6.45, 7) is 1.01. The van der Waals surface area contributed by atoms with Crippen molar-refractivity contribution in [3.63, 3.8) is 0 Å². The fraction of sp³-hybridized carbons (Fsp3) is 1.00. The maximum absolute atomic E-state index is 6.04. The molecule has 0 amide bonds. The highest BCUT2D eigenvalue weighted by molar-refractivity contribution is 5.17. The van der Waals surface area contributed by atoms with Crippen LogP contribution in [0.25, 0.3) is 0 Å². The van der Waals surface area contributed by atoms with Gasteiger partial charge in [0.15, 0.2) is 0 Å². The largest absolute Gasteiger partial charge is 0.375 e. The third-order valence-corrected chi connectivity index (χ3v) is 6.92. The molecule has 0 aromatic carbocycles. The van der Waals surface area contributed by atoms with E-state index in [0.717, 1.165) is 42.4 Å². The van der Waals surface area contributed by atoms with Crippen LogP contribution in [0.1, 0.15) is 51.4 Å². The molecule has 2 nitrogen and oxygen atoms in total. The second kappa shape index (κ2) is 3.52. The normalized spacial score (nSPS) is 55.3. The molecule has 1 spiro atoms. The predicted molar refractivity (Wildman–Crippen MR) is 70.3 cm³/mol. The molecule has 4 aliphatic carbocycles. The zero-order chi connectivity index (χ0) is 11.7. The van der Waals surface area contributed by atoms with Gasteiger partial charge in [-0.05, 0) is 75.0 Å². The zero-order valence-electron chi connectivity index (χ0n) is 11.2. The summed E-state index contributed by atoms with van der Waals surface area (Å²) in [5.41, 5.74) is 0.318. The van der Waals surface area contributed by atoms with Gasteiger partial charge in [-0.15, -0.1) is 0 Å². The zero-order valence-corrected chi connectivity index (χ0v) is 11.2. The van der Waals surface area contributed by atoms with E-state index in [4.69, 9.17) is 4.74 Å². The average Bonchev–Trinajstić information content (AvgIpc) is 2.75. The summed E-state index contributed by atoms with van der Waals surface area (Å²) in [4.78, 5) is 0. The van der Waals surface area contributed by atoms with Crippen LogP contribution in [-0.2, 0) is 4.74 Å². The van der Waals surface area contributed by atoms with Crippen LogP contribution in [0.2, 0.25) is 0 Å². The highest BCUT2D eigenvalue weighted by atomic mass is 16.5. The molecule has 5 rings (SSSR count). The van der Waals surface area contributed by atoms with E-state index in [1.54, 1.807) is 19.3 Å². The molecule has 0 radical (unpaired) electrons. The van der Waals surface area contributed by atoms with E-state index < -0.39 is 0 Å². The van der Waals surface area contributed by atoms with E-state index in [1.807, 2.05) is 0 Å². The van der Waals surface area contributed by atoms with Crippen LogP contribution in [0.15, 0.2) is 0 Å². The molecule has 1 aliphatic heterocycles. The Balaban J connectivity index is 1.23. The molecule has 4 saturated carbocycles. The fourth-order valence-corrected chi connectivity index (χ4v) is 5.91. The third kappa shape index (κ3) is 1.37.